The van der Waals surface area contributed by atoms with E-state index in [0.29, 0.717) is 12.1 Å². The third kappa shape index (κ3) is 3.67. The van der Waals surface area contributed by atoms with Crippen LogP contribution in [0.1, 0.15) is 23.1 Å². The van der Waals surface area contributed by atoms with Gasteiger partial charge in [0.15, 0.2) is 0 Å². The molecule has 0 aliphatic rings. The predicted octanol–water partition coefficient (Wildman–Crippen LogP) is 1.16. The molecule has 0 saturated carbocycles. The van der Waals surface area contributed by atoms with Crippen LogP contribution in [0.3, 0.4) is 0 Å². The summed E-state index contributed by atoms with van der Waals surface area (Å²) in [6, 6.07) is 9.05. The van der Waals surface area contributed by atoms with Gasteiger partial charge in [-0.2, -0.15) is 5.26 Å². The van der Waals surface area contributed by atoms with Gasteiger partial charge in [0.05, 0.1) is 17.7 Å². The van der Waals surface area contributed by atoms with E-state index in [1.807, 2.05) is 17.8 Å². The minimum absolute atomic E-state index is 0.482. The summed E-state index contributed by atoms with van der Waals surface area (Å²) in [5.74, 6) is 1.02. The van der Waals surface area contributed by atoms with Crippen molar-refractivity contribution in [2.45, 2.75) is 12.5 Å². The van der Waals surface area contributed by atoms with Crippen molar-refractivity contribution in [2.24, 2.45) is 7.05 Å². The van der Waals surface area contributed by atoms with Crippen molar-refractivity contribution < 1.29 is 5.11 Å². The highest BCUT2D eigenvalue weighted by atomic mass is 16.3. The van der Waals surface area contributed by atoms with Gasteiger partial charge in [-0.25, -0.2) is 4.98 Å². The van der Waals surface area contributed by atoms with Gasteiger partial charge in [0.1, 0.15) is 5.82 Å². The Labute approximate surface area is 118 Å². The van der Waals surface area contributed by atoms with Crippen LogP contribution in [-0.2, 0) is 13.5 Å². The molecule has 2 N–H and O–H groups in total. The van der Waals surface area contributed by atoms with Gasteiger partial charge in [-0.15, -0.1) is 0 Å². The van der Waals surface area contributed by atoms with Gasteiger partial charge in [-0.1, -0.05) is 12.1 Å². The number of hydrogen-bond donors (Lipinski definition) is 2. The molecule has 1 atom stereocenters. The zero-order valence-electron chi connectivity index (χ0n) is 11.5. The van der Waals surface area contributed by atoms with Crippen molar-refractivity contribution >= 4 is 0 Å². The normalized spacial score (nSPS) is 12.1. The van der Waals surface area contributed by atoms with E-state index in [-0.39, 0.29) is 0 Å². The molecule has 1 aromatic carbocycles. The summed E-state index contributed by atoms with van der Waals surface area (Å²) in [4.78, 5) is 4.24. The fourth-order valence-electron chi connectivity index (χ4n) is 1.97. The molecule has 0 radical (unpaired) electrons. The molecule has 1 unspecified atom stereocenters. The van der Waals surface area contributed by atoms with Crippen molar-refractivity contribution in [3.8, 4) is 6.07 Å². The molecule has 0 saturated heterocycles. The van der Waals surface area contributed by atoms with Crippen molar-refractivity contribution in [3.63, 3.8) is 0 Å². The molecule has 0 aliphatic carbocycles. The smallest absolute Gasteiger partial charge is 0.109 e. The number of imidazole rings is 1. The number of rotatable bonds is 6. The SMILES string of the molecule is Cn1ccnc1CCNCC(O)c1ccc(C#N)cc1. The summed E-state index contributed by atoms with van der Waals surface area (Å²) in [6.45, 7) is 1.24. The lowest BCUT2D eigenvalue weighted by Gasteiger charge is -2.12. The number of aryl methyl sites for hydroxylation is 1. The van der Waals surface area contributed by atoms with E-state index in [2.05, 4.69) is 16.4 Å². The average Bonchev–Trinajstić information content (AvgIpc) is 2.89. The first kappa shape index (κ1) is 14.3. The van der Waals surface area contributed by atoms with Crippen LogP contribution in [-0.4, -0.2) is 27.7 Å². The molecule has 1 aromatic heterocycles. The summed E-state index contributed by atoms with van der Waals surface area (Å²) in [5.41, 5.74) is 1.41. The summed E-state index contributed by atoms with van der Waals surface area (Å²) in [7, 11) is 1.97. The van der Waals surface area contributed by atoms with E-state index >= 15 is 0 Å². The van der Waals surface area contributed by atoms with Crippen molar-refractivity contribution in [3.05, 3.63) is 53.6 Å². The first-order valence-corrected chi connectivity index (χ1v) is 6.55. The zero-order valence-corrected chi connectivity index (χ0v) is 11.5. The quantitative estimate of drug-likeness (QED) is 0.772. The molecule has 5 nitrogen and oxygen atoms in total. The van der Waals surface area contributed by atoms with E-state index in [1.54, 1.807) is 30.5 Å². The highest BCUT2D eigenvalue weighted by Crippen LogP contribution is 2.12. The molecule has 0 aliphatic heterocycles. The van der Waals surface area contributed by atoms with Crippen molar-refractivity contribution in [1.29, 1.82) is 5.26 Å². The van der Waals surface area contributed by atoms with Crippen molar-refractivity contribution in [1.82, 2.24) is 14.9 Å². The van der Waals surface area contributed by atoms with Crippen molar-refractivity contribution in [2.75, 3.05) is 13.1 Å². The van der Waals surface area contributed by atoms with Gasteiger partial charge in [-0.3, -0.25) is 0 Å². The third-order valence-corrected chi connectivity index (χ3v) is 3.21. The molecule has 0 bridgehead atoms. The Morgan fingerprint density at radius 3 is 2.75 bits per heavy atom. The number of aromatic nitrogens is 2. The largest absolute Gasteiger partial charge is 0.387 e. The monoisotopic (exact) mass is 270 g/mol. The molecular formula is C15H18N4O. The molecule has 0 amide bonds. The summed E-state index contributed by atoms with van der Waals surface area (Å²) in [6.07, 6.45) is 3.95. The molecule has 2 rings (SSSR count). The van der Waals surface area contributed by atoms with Gasteiger partial charge >= 0.3 is 0 Å². The third-order valence-electron chi connectivity index (χ3n) is 3.21. The number of hydrogen-bond acceptors (Lipinski definition) is 4. The molecule has 0 spiro atoms. The first-order valence-electron chi connectivity index (χ1n) is 6.55. The number of aliphatic hydroxyl groups is 1. The van der Waals surface area contributed by atoms with E-state index in [1.165, 1.54) is 0 Å². The number of nitriles is 1. The Morgan fingerprint density at radius 2 is 2.15 bits per heavy atom. The van der Waals surface area contributed by atoms with Crippen LogP contribution in [0.2, 0.25) is 0 Å². The molecule has 0 fully saturated rings. The molecular weight excluding hydrogens is 252 g/mol. The molecule has 104 valence electrons. The second-order valence-electron chi connectivity index (χ2n) is 4.66. The predicted molar refractivity (Wildman–Crippen MR) is 75.9 cm³/mol. The van der Waals surface area contributed by atoms with Crippen LogP contribution in [0.25, 0.3) is 0 Å². The Balaban J connectivity index is 1.76. The van der Waals surface area contributed by atoms with Gasteiger partial charge in [0, 0.05) is 39.0 Å². The van der Waals surface area contributed by atoms with Crippen LogP contribution >= 0.6 is 0 Å². The van der Waals surface area contributed by atoms with Crippen LogP contribution in [0.15, 0.2) is 36.7 Å². The maximum Gasteiger partial charge on any atom is 0.109 e. The first-order chi connectivity index (χ1) is 9.70. The second kappa shape index (κ2) is 6.85. The Morgan fingerprint density at radius 1 is 1.40 bits per heavy atom. The van der Waals surface area contributed by atoms with Gasteiger partial charge in [0.25, 0.3) is 0 Å². The lowest BCUT2D eigenvalue weighted by atomic mass is 10.1. The summed E-state index contributed by atoms with van der Waals surface area (Å²) in [5, 5.41) is 22.0. The van der Waals surface area contributed by atoms with Crippen LogP contribution in [0.5, 0.6) is 0 Å². The van der Waals surface area contributed by atoms with E-state index in [4.69, 9.17) is 5.26 Å². The van der Waals surface area contributed by atoms with E-state index < -0.39 is 6.10 Å². The highest BCUT2D eigenvalue weighted by molar-refractivity contribution is 5.32. The van der Waals surface area contributed by atoms with E-state index in [0.717, 1.165) is 24.4 Å². The minimum Gasteiger partial charge on any atom is -0.387 e. The standard InChI is InChI=1S/C15H18N4O/c1-19-9-8-18-15(19)6-7-17-11-14(20)13-4-2-12(10-16)3-5-13/h2-5,8-9,14,17,20H,6-7,11H2,1H3. The number of nitrogens with one attached hydrogen (secondary N) is 1. The lowest BCUT2D eigenvalue weighted by molar-refractivity contribution is 0.175. The van der Waals surface area contributed by atoms with E-state index in [9.17, 15) is 5.11 Å². The number of benzene rings is 1. The van der Waals surface area contributed by atoms with Gasteiger partial charge in [-0.05, 0) is 17.7 Å². The summed E-state index contributed by atoms with van der Waals surface area (Å²) >= 11 is 0. The molecule has 5 heteroatoms. The molecule has 1 heterocycles. The fourth-order valence-corrected chi connectivity index (χ4v) is 1.97. The number of nitrogens with zero attached hydrogens (tertiary/aromatic N) is 3. The topological polar surface area (TPSA) is 73.9 Å². The lowest BCUT2D eigenvalue weighted by Crippen LogP contribution is -2.24. The van der Waals surface area contributed by atoms with Gasteiger partial charge < -0.3 is 15.0 Å². The second-order valence-corrected chi connectivity index (χ2v) is 4.66. The average molecular weight is 270 g/mol. The van der Waals surface area contributed by atoms with Crippen LogP contribution < -0.4 is 5.32 Å². The van der Waals surface area contributed by atoms with Crippen LogP contribution in [0, 0.1) is 11.3 Å². The summed E-state index contributed by atoms with van der Waals surface area (Å²) < 4.78 is 1.98. The Kier molecular flexibility index (Phi) is 4.88. The maximum atomic E-state index is 10.0. The zero-order chi connectivity index (χ0) is 14.4. The maximum absolute atomic E-state index is 10.0. The fraction of sp³-hybridized carbons (Fsp3) is 0.333. The Hall–Kier alpha value is -2.16. The van der Waals surface area contributed by atoms with Crippen LogP contribution in [0.4, 0.5) is 0 Å². The minimum atomic E-state index is -0.566. The number of aliphatic hydroxyl groups excluding tert-OH is 1. The Bertz CT molecular complexity index is 583. The highest BCUT2D eigenvalue weighted by Gasteiger charge is 2.07. The molecule has 2 aromatic rings. The molecule has 20 heavy (non-hydrogen) atoms. The van der Waals surface area contributed by atoms with Gasteiger partial charge in [0.2, 0.25) is 0 Å².